The van der Waals surface area contributed by atoms with E-state index in [1.165, 1.54) is 11.8 Å². The Kier molecular flexibility index (Phi) is 3.73. The van der Waals surface area contributed by atoms with Crippen molar-refractivity contribution in [1.29, 1.82) is 0 Å². The van der Waals surface area contributed by atoms with Gasteiger partial charge in [0.1, 0.15) is 5.52 Å². The quantitative estimate of drug-likeness (QED) is 0.807. The van der Waals surface area contributed by atoms with Crippen LogP contribution in [0.15, 0.2) is 33.9 Å². The molecular weight excluding hydrogens is 260 g/mol. The Morgan fingerprint density at radius 1 is 1.26 bits per heavy atom. The van der Waals surface area contributed by atoms with E-state index in [9.17, 15) is 4.79 Å². The van der Waals surface area contributed by atoms with Crippen LogP contribution in [-0.2, 0) is 4.79 Å². The van der Waals surface area contributed by atoms with E-state index in [-0.39, 0.29) is 5.91 Å². The van der Waals surface area contributed by atoms with Gasteiger partial charge in [0, 0.05) is 13.0 Å². The van der Waals surface area contributed by atoms with Gasteiger partial charge in [-0.3, -0.25) is 4.79 Å². The lowest BCUT2D eigenvalue weighted by atomic mass is 10.2. The maximum absolute atomic E-state index is 11.9. The first-order valence-corrected chi connectivity index (χ1v) is 7.57. The number of benzene rings is 1. The Bertz CT molecular complexity index is 549. The average Bonchev–Trinajstić information content (AvgIpc) is 2.73. The van der Waals surface area contributed by atoms with E-state index in [1.54, 1.807) is 0 Å². The van der Waals surface area contributed by atoms with Gasteiger partial charge in [0.05, 0.1) is 5.88 Å². The first-order valence-electron chi connectivity index (χ1n) is 6.59. The van der Waals surface area contributed by atoms with Gasteiger partial charge < -0.3 is 9.32 Å². The van der Waals surface area contributed by atoms with Gasteiger partial charge in [-0.2, -0.15) is 0 Å². The van der Waals surface area contributed by atoms with Crippen molar-refractivity contribution in [3.63, 3.8) is 0 Å². The molecule has 0 N–H and O–H groups in total. The average molecular weight is 276 g/mol. The Morgan fingerprint density at radius 2 is 2.16 bits per heavy atom. The van der Waals surface area contributed by atoms with Crippen molar-refractivity contribution in [2.75, 3.05) is 12.4 Å². The summed E-state index contributed by atoms with van der Waals surface area (Å²) < 4.78 is 5.64. The van der Waals surface area contributed by atoms with Crippen LogP contribution in [-0.4, -0.2) is 28.2 Å². The number of nitrogens with zero attached hydrogens (tertiary/aromatic N) is 2. The molecule has 2 heterocycles. The number of oxazole rings is 1. The predicted octanol–water partition coefficient (Wildman–Crippen LogP) is 3.28. The molecule has 0 spiro atoms. The Labute approximate surface area is 116 Å². The summed E-state index contributed by atoms with van der Waals surface area (Å²) in [5.74, 6) is 0.882. The van der Waals surface area contributed by atoms with E-state index >= 15 is 0 Å². The highest BCUT2D eigenvalue weighted by Gasteiger charge is 2.17. The summed E-state index contributed by atoms with van der Waals surface area (Å²) in [7, 11) is 0. The van der Waals surface area contributed by atoms with Crippen LogP contribution in [0.5, 0.6) is 0 Å². The molecule has 0 unspecified atom stereocenters. The maximum Gasteiger partial charge on any atom is 0.258 e. The van der Waals surface area contributed by atoms with Crippen LogP contribution in [0.3, 0.4) is 0 Å². The molecule has 0 aliphatic carbocycles. The van der Waals surface area contributed by atoms with Crippen molar-refractivity contribution in [3.05, 3.63) is 24.3 Å². The summed E-state index contributed by atoms with van der Waals surface area (Å²) in [6.07, 6.45) is 3.94. The van der Waals surface area contributed by atoms with Gasteiger partial charge in [0.25, 0.3) is 5.22 Å². The molecule has 0 bridgehead atoms. The number of rotatable bonds is 3. The van der Waals surface area contributed by atoms with Crippen LogP contribution >= 0.6 is 11.8 Å². The first kappa shape index (κ1) is 12.5. The summed E-state index contributed by atoms with van der Waals surface area (Å²) in [5, 5.41) is 0.637. The van der Waals surface area contributed by atoms with E-state index in [0.29, 0.717) is 17.5 Å². The van der Waals surface area contributed by atoms with Crippen LogP contribution < -0.4 is 0 Å². The SMILES string of the molecule is O=C1CCCCCN1CSc1nc2ccccc2o1. The molecule has 1 fully saturated rings. The molecule has 5 heteroatoms. The third-order valence-electron chi connectivity index (χ3n) is 3.29. The summed E-state index contributed by atoms with van der Waals surface area (Å²) in [4.78, 5) is 18.2. The molecule has 100 valence electrons. The smallest absolute Gasteiger partial charge is 0.258 e. The summed E-state index contributed by atoms with van der Waals surface area (Å²) in [5.41, 5.74) is 1.67. The minimum Gasteiger partial charge on any atom is -0.431 e. The van der Waals surface area contributed by atoms with E-state index in [1.807, 2.05) is 29.2 Å². The number of para-hydroxylation sites is 2. The monoisotopic (exact) mass is 276 g/mol. The van der Waals surface area contributed by atoms with E-state index in [4.69, 9.17) is 4.42 Å². The molecule has 1 saturated heterocycles. The summed E-state index contributed by atoms with van der Waals surface area (Å²) in [6.45, 7) is 0.853. The zero-order valence-electron chi connectivity index (χ0n) is 10.7. The highest BCUT2D eigenvalue weighted by atomic mass is 32.2. The highest BCUT2D eigenvalue weighted by molar-refractivity contribution is 7.99. The summed E-state index contributed by atoms with van der Waals surface area (Å²) >= 11 is 1.49. The van der Waals surface area contributed by atoms with Crippen LogP contribution in [0.2, 0.25) is 0 Å². The molecule has 3 rings (SSSR count). The third kappa shape index (κ3) is 2.92. The molecule has 1 amide bonds. The van der Waals surface area contributed by atoms with Gasteiger partial charge in [-0.15, -0.1) is 0 Å². The van der Waals surface area contributed by atoms with Gasteiger partial charge in [-0.05, 0) is 36.7 Å². The Hall–Kier alpha value is -1.49. The molecule has 1 aliphatic rings. The second-order valence-electron chi connectivity index (χ2n) is 4.69. The standard InChI is InChI=1S/C14H16N2O2S/c17-13-8-2-1-5-9-16(13)10-19-14-15-11-6-3-4-7-12(11)18-14/h3-4,6-7H,1-2,5,8-10H2. The lowest BCUT2D eigenvalue weighted by molar-refractivity contribution is -0.129. The van der Waals surface area contributed by atoms with Crippen molar-refractivity contribution in [1.82, 2.24) is 9.88 Å². The highest BCUT2D eigenvalue weighted by Crippen LogP contribution is 2.24. The van der Waals surface area contributed by atoms with Crippen molar-refractivity contribution in [2.45, 2.75) is 30.9 Å². The zero-order chi connectivity index (χ0) is 13.1. The molecule has 0 radical (unpaired) electrons. The number of carbonyl (C=O) groups excluding carboxylic acids is 1. The number of aromatic nitrogens is 1. The molecule has 19 heavy (non-hydrogen) atoms. The molecule has 1 aromatic heterocycles. The molecular formula is C14H16N2O2S. The van der Waals surface area contributed by atoms with Gasteiger partial charge in [-0.1, -0.05) is 18.6 Å². The Balaban J connectivity index is 1.66. The second-order valence-corrected chi connectivity index (χ2v) is 5.58. The lowest BCUT2D eigenvalue weighted by Gasteiger charge is -2.18. The molecule has 2 aromatic rings. The Morgan fingerprint density at radius 3 is 3.05 bits per heavy atom. The lowest BCUT2D eigenvalue weighted by Crippen LogP contribution is -2.29. The van der Waals surface area contributed by atoms with Crippen molar-refractivity contribution in [3.8, 4) is 0 Å². The zero-order valence-corrected chi connectivity index (χ0v) is 11.5. The fourth-order valence-electron chi connectivity index (χ4n) is 2.22. The second kappa shape index (κ2) is 5.65. The number of hydrogen-bond acceptors (Lipinski definition) is 4. The van der Waals surface area contributed by atoms with Gasteiger partial charge in [-0.25, -0.2) is 4.98 Å². The number of likely N-dealkylation sites (tertiary alicyclic amines) is 1. The molecule has 0 atom stereocenters. The van der Waals surface area contributed by atoms with Crippen LogP contribution in [0.4, 0.5) is 0 Å². The number of amides is 1. The molecule has 4 nitrogen and oxygen atoms in total. The maximum atomic E-state index is 11.9. The van der Waals surface area contributed by atoms with E-state index in [2.05, 4.69) is 4.98 Å². The first-order chi connectivity index (χ1) is 9.33. The minimum absolute atomic E-state index is 0.251. The topological polar surface area (TPSA) is 46.3 Å². The van der Waals surface area contributed by atoms with Crippen molar-refractivity contribution < 1.29 is 9.21 Å². The molecule has 0 saturated carbocycles. The van der Waals surface area contributed by atoms with E-state index < -0.39 is 0 Å². The fourth-order valence-corrected chi connectivity index (χ4v) is 3.07. The predicted molar refractivity (Wildman–Crippen MR) is 74.9 cm³/mol. The summed E-state index contributed by atoms with van der Waals surface area (Å²) in [6, 6.07) is 7.71. The normalized spacial score (nSPS) is 16.8. The van der Waals surface area contributed by atoms with Crippen LogP contribution in [0.25, 0.3) is 11.1 Å². The minimum atomic E-state index is 0.251. The molecule has 1 aliphatic heterocycles. The fraction of sp³-hybridized carbons (Fsp3) is 0.429. The van der Waals surface area contributed by atoms with Gasteiger partial charge in [0.2, 0.25) is 5.91 Å². The van der Waals surface area contributed by atoms with Crippen molar-refractivity contribution >= 4 is 28.8 Å². The van der Waals surface area contributed by atoms with Crippen LogP contribution in [0.1, 0.15) is 25.7 Å². The largest absolute Gasteiger partial charge is 0.431 e. The number of fused-ring (bicyclic) bond motifs is 1. The van der Waals surface area contributed by atoms with Crippen LogP contribution in [0, 0.1) is 0 Å². The third-order valence-corrected chi connectivity index (χ3v) is 4.15. The number of hydrogen-bond donors (Lipinski definition) is 0. The number of thioether (sulfide) groups is 1. The number of carbonyl (C=O) groups is 1. The van der Waals surface area contributed by atoms with Gasteiger partial charge in [0.15, 0.2) is 5.58 Å². The van der Waals surface area contributed by atoms with E-state index in [0.717, 1.165) is 36.9 Å². The van der Waals surface area contributed by atoms with Gasteiger partial charge >= 0.3 is 0 Å². The molecule has 1 aromatic carbocycles. The van der Waals surface area contributed by atoms with Crippen molar-refractivity contribution in [2.24, 2.45) is 0 Å².